The number of carbonyl (C=O) groups excluding carboxylic acids is 11. The van der Waals surface area contributed by atoms with Gasteiger partial charge in [0.15, 0.2) is 0 Å². The molecule has 0 radical (unpaired) electrons. The summed E-state index contributed by atoms with van der Waals surface area (Å²) in [5, 5.41) is 27.6. The molecule has 2 saturated heterocycles. The molecular formula is C42H64N12O12S2. The van der Waals surface area contributed by atoms with E-state index in [-0.39, 0.29) is 36.6 Å². The SMILES string of the molecule is CC[C@H](C)[C@@H]1NC(=O)[C@H](Cc2ccc(O)cc2)NC(=O)[C@@H](N)CSSC[C@@H](C(=O)N2CCC[C@H]2C(=O)N[C@H](C(=O)NCC(N)=O)C(C)C)NC(=O)[C@H](CC(N)=O)NC(=O)C(CCC(N)=O)NC1=O. The Hall–Kier alpha value is -6.15. The zero-order chi connectivity index (χ0) is 50.8. The average Bonchev–Trinajstić information content (AvgIpc) is 3.78. The Morgan fingerprint density at radius 3 is 1.99 bits per heavy atom. The fourth-order valence-corrected chi connectivity index (χ4v) is 9.42. The van der Waals surface area contributed by atoms with Gasteiger partial charge in [0.2, 0.25) is 65.0 Å². The predicted octanol–water partition coefficient (Wildman–Crippen LogP) is -4.00. The lowest BCUT2D eigenvalue weighted by molar-refractivity contribution is -0.142. The van der Waals surface area contributed by atoms with Crippen LogP contribution in [-0.2, 0) is 59.2 Å². The van der Waals surface area contributed by atoms with Crippen molar-refractivity contribution in [3.8, 4) is 5.75 Å². The van der Waals surface area contributed by atoms with Gasteiger partial charge < -0.3 is 70.2 Å². The number of amides is 11. The van der Waals surface area contributed by atoms with E-state index in [0.717, 1.165) is 21.6 Å². The molecule has 11 amide bonds. The van der Waals surface area contributed by atoms with Crippen LogP contribution in [0.25, 0.3) is 0 Å². The van der Waals surface area contributed by atoms with E-state index >= 15 is 0 Å². The predicted molar refractivity (Wildman–Crippen MR) is 250 cm³/mol. The standard InChI is InChI=1S/C42H64N12O12S2/c1-5-21(4)34-41(65)48-25(12-13-30(44)56)36(60)50-27(16-31(45)57)37(61)51-28(42(66)54-14-6-7-29(54)39(63)52-33(20(2)3)40(64)47-17-32(46)58)19-68-67-18-24(43)35(59)49-26(38(62)53-34)15-22-8-10-23(55)11-9-22/h8-11,20-21,24-29,33-34,55H,5-7,12-19,43H2,1-4H3,(H2,44,56)(H2,45,57)(H2,46,58)(H,47,64)(H,48,65)(H,49,59)(H,50,60)(H,51,61)(H,52,63)(H,53,62)/t21-,24-,25?,26-,27-,28-,29-,33-,34-/m0/s1. The lowest BCUT2D eigenvalue weighted by Crippen LogP contribution is -2.61. The number of nitrogens with two attached hydrogens (primary N) is 4. The van der Waals surface area contributed by atoms with Crippen LogP contribution in [-0.4, -0.2) is 148 Å². The van der Waals surface area contributed by atoms with Gasteiger partial charge in [-0.1, -0.05) is 67.8 Å². The number of rotatable bonds is 16. The molecule has 1 unspecified atom stereocenters. The minimum atomic E-state index is -1.75. The number of nitrogens with zero attached hydrogens (tertiary/aromatic N) is 1. The molecule has 1 aromatic rings. The van der Waals surface area contributed by atoms with Gasteiger partial charge in [0.05, 0.1) is 19.0 Å². The Morgan fingerprint density at radius 2 is 1.38 bits per heavy atom. The quantitative estimate of drug-likeness (QED) is 0.0703. The molecular weight excluding hydrogens is 929 g/mol. The summed E-state index contributed by atoms with van der Waals surface area (Å²) in [4.78, 5) is 148. The molecule has 1 aromatic carbocycles. The highest BCUT2D eigenvalue weighted by Gasteiger charge is 2.41. The molecule has 9 atom stereocenters. The summed E-state index contributed by atoms with van der Waals surface area (Å²) in [5.41, 5.74) is 22.9. The first-order valence-corrected chi connectivity index (χ1v) is 24.5. The normalized spacial score (nSPS) is 24.5. The van der Waals surface area contributed by atoms with Crippen LogP contribution in [0, 0.1) is 11.8 Å². The number of phenols is 1. The minimum Gasteiger partial charge on any atom is -0.508 e. The molecule has 0 aromatic heterocycles. The second-order valence-electron chi connectivity index (χ2n) is 16.9. The maximum absolute atomic E-state index is 14.4. The Kier molecular flexibility index (Phi) is 22.3. The summed E-state index contributed by atoms with van der Waals surface area (Å²) in [7, 11) is 2.04. The van der Waals surface area contributed by atoms with Gasteiger partial charge in [-0.2, -0.15) is 0 Å². The molecule has 2 aliphatic heterocycles. The third-order valence-corrected chi connectivity index (χ3v) is 13.6. The van der Waals surface area contributed by atoms with Crippen LogP contribution in [0.15, 0.2) is 24.3 Å². The number of primary amides is 3. The van der Waals surface area contributed by atoms with E-state index in [0.29, 0.717) is 18.4 Å². The summed E-state index contributed by atoms with van der Waals surface area (Å²) in [5.74, 6) is -10.8. The van der Waals surface area contributed by atoms with Crippen molar-refractivity contribution in [1.29, 1.82) is 0 Å². The van der Waals surface area contributed by atoms with Gasteiger partial charge in [-0.25, -0.2) is 0 Å². The van der Waals surface area contributed by atoms with Crippen molar-refractivity contribution in [3.63, 3.8) is 0 Å². The van der Waals surface area contributed by atoms with E-state index in [2.05, 4.69) is 37.2 Å². The van der Waals surface area contributed by atoms with Crippen LogP contribution in [0.4, 0.5) is 0 Å². The number of nitrogens with one attached hydrogen (secondary N) is 7. The number of phenolic OH excluding ortho intramolecular Hbond substituents is 1. The van der Waals surface area contributed by atoms with Gasteiger partial charge in [-0.05, 0) is 48.8 Å². The van der Waals surface area contributed by atoms with E-state index in [1.54, 1.807) is 27.7 Å². The third-order valence-electron chi connectivity index (χ3n) is 11.2. The molecule has 26 heteroatoms. The molecule has 68 heavy (non-hydrogen) atoms. The van der Waals surface area contributed by atoms with Crippen LogP contribution >= 0.6 is 21.6 Å². The molecule has 0 bridgehead atoms. The zero-order valence-corrected chi connectivity index (χ0v) is 40.0. The van der Waals surface area contributed by atoms with Crippen LogP contribution in [0.5, 0.6) is 5.75 Å². The summed E-state index contributed by atoms with van der Waals surface area (Å²) >= 11 is 0. The van der Waals surface area contributed by atoms with Crippen LogP contribution in [0.1, 0.15) is 71.8 Å². The summed E-state index contributed by atoms with van der Waals surface area (Å²) in [6.07, 6.45) is -0.876. The Labute approximate surface area is 401 Å². The second-order valence-corrected chi connectivity index (χ2v) is 19.5. The molecule has 16 N–H and O–H groups in total. The van der Waals surface area contributed by atoms with Crippen molar-refractivity contribution in [1.82, 2.24) is 42.1 Å². The van der Waals surface area contributed by atoms with Crippen LogP contribution in [0.3, 0.4) is 0 Å². The minimum absolute atomic E-state index is 0.0472. The highest BCUT2D eigenvalue weighted by atomic mass is 33.1. The molecule has 0 saturated carbocycles. The number of hydrogen-bond acceptors (Lipinski definition) is 15. The average molecular weight is 993 g/mol. The van der Waals surface area contributed by atoms with E-state index in [1.807, 2.05) is 0 Å². The molecule has 2 aliphatic rings. The van der Waals surface area contributed by atoms with Crippen molar-refractivity contribution in [2.75, 3.05) is 24.6 Å². The zero-order valence-electron chi connectivity index (χ0n) is 38.4. The molecule has 24 nitrogen and oxygen atoms in total. The first-order valence-electron chi connectivity index (χ1n) is 22.1. The molecule has 376 valence electrons. The summed E-state index contributed by atoms with van der Waals surface area (Å²) in [6.45, 7) is 6.27. The van der Waals surface area contributed by atoms with E-state index in [4.69, 9.17) is 22.9 Å². The first kappa shape index (κ1) is 56.2. The highest BCUT2D eigenvalue weighted by molar-refractivity contribution is 8.76. The number of hydrogen-bond donors (Lipinski definition) is 12. The van der Waals surface area contributed by atoms with Gasteiger partial charge >= 0.3 is 0 Å². The topological polar surface area (TPSA) is 400 Å². The largest absolute Gasteiger partial charge is 0.508 e. The lowest BCUT2D eigenvalue weighted by Gasteiger charge is -2.31. The number of likely N-dealkylation sites (tertiary alicyclic amines) is 1. The van der Waals surface area contributed by atoms with Crippen molar-refractivity contribution < 1.29 is 57.8 Å². The number of carbonyl (C=O) groups is 11. The van der Waals surface area contributed by atoms with Gasteiger partial charge in [-0.15, -0.1) is 0 Å². The Bertz CT molecular complexity index is 2030. The van der Waals surface area contributed by atoms with E-state index in [9.17, 15) is 57.8 Å². The Balaban J connectivity index is 2.05. The van der Waals surface area contributed by atoms with Gasteiger partial charge in [0, 0.05) is 30.9 Å². The number of aromatic hydroxyl groups is 1. The fourth-order valence-electron chi connectivity index (χ4n) is 7.14. The van der Waals surface area contributed by atoms with Crippen molar-refractivity contribution in [3.05, 3.63) is 29.8 Å². The monoisotopic (exact) mass is 992 g/mol. The van der Waals surface area contributed by atoms with Crippen LogP contribution in [0.2, 0.25) is 0 Å². The maximum atomic E-state index is 14.4. The molecule has 0 aliphatic carbocycles. The fraction of sp³-hybridized carbons (Fsp3) is 0.595. The van der Waals surface area contributed by atoms with Gasteiger partial charge in [0.25, 0.3) is 0 Å². The van der Waals surface area contributed by atoms with E-state index in [1.165, 1.54) is 29.2 Å². The highest BCUT2D eigenvalue weighted by Crippen LogP contribution is 2.26. The van der Waals surface area contributed by atoms with Crippen molar-refractivity contribution in [2.45, 2.75) is 121 Å². The van der Waals surface area contributed by atoms with Gasteiger partial charge in [0.1, 0.15) is 48.0 Å². The summed E-state index contributed by atoms with van der Waals surface area (Å²) in [6, 6.07) is -5.08. The molecule has 2 fully saturated rings. The first-order chi connectivity index (χ1) is 32.0. The van der Waals surface area contributed by atoms with Crippen molar-refractivity contribution >= 4 is 86.6 Å². The van der Waals surface area contributed by atoms with Crippen molar-refractivity contribution in [2.24, 2.45) is 34.8 Å². The van der Waals surface area contributed by atoms with E-state index < -0.39 is 151 Å². The maximum Gasteiger partial charge on any atom is 0.246 e. The third kappa shape index (κ3) is 17.5. The Morgan fingerprint density at radius 1 is 0.779 bits per heavy atom. The second kappa shape index (κ2) is 27.0. The van der Waals surface area contributed by atoms with Crippen LogP contribution < -0.4 is 60.2 Å². The lowest BCUT2D eigenvalue weighted by atomic mass is 9.96. The summed E-state index contributed by atoms with van der Waals surface area (Å²) < 4.78 is 0. The smallest absolute Gasteiger partial charge is 0.246 e. The van der Waals surface area contributed by atoms with Gasteiger partial charge in [-0.3, -0.25) is 52.7 Å². The number of benzene rings is 1. The molecule has 2 heterocycles. The molecule has 3 rings (SSSR count). The molecule has 0 spiro atoms.